The number of carbonyl (C=O) groups excluding carboxylic acids is 8. The standard InChI is InChI=1S/C35H53N7O11/c1-16(2)13-24(38-21(8)44)32(49)42-28-20(7)53-35(52)27(17(3)4)41-30(47)19(6)37-33(50)26(15-43)40-29(46)18(5)36-31(48)25(39-34(28)51)14-22-9-11-23(45)12-10-22/h9-12,16-20,24-28,43,45H,13-15H2,1-8H3,(H,36,48)(H,37,50)(H,38,44)(H,39,51)(H,40,46)(H,41,47)(H,42,49). The summed E-state index contributed by atoms with van der Waals surface area (Å²) >= 11 is 0. The highest BCUT2D eigenvalue weighted by molar-refractivity contribution is 5.97. The minimum absolute atomic E-state index is 0.0608. The van der Waals surface area contributed by atoms with Gasteiger partial charge in [0.15, 0.2) is 0 Å². The summed E-state index contributed by atoms with van der Waals surface area (Å²) in [6.07, 6.45) is -1.41. The Morgan fingerprint density at radius 2 is 1.30 bits per heavy atom. The van der Waals surface area contributed by atoms with Crippen LogP contribution in [0, 0.1) is 11.8 Å². The normalized spacial score (nSPS) is 26.0. The van der Waals surface area contributed by atoms with Gasteiger partial charge in [0, 0.05) is 13.3 Å². The van der Waals surface area contributed by atoms with Gasteiger partial charge in [-0.25, -0.2) is 4.79 Å². The van der Waals surface area contributed by atoms with Gasteiger partial charge in [-0.15, -0.1) is 0 Å². The van der Waals surface area contributed by atoms with Crippen LogP contribution in [0.5, 0.6) is 5.75 Å². The van der Waals surface area contributed by atoms with Crippen molar-refractivity contribution in [3.8, 4) is 5.75 Å². The fourth-order valence-corrected chi connectivity index (χ4v) is 5.29. The maximum absolute atomic E-state index is 14.1. The number of aliphatic hydroxyl groups is 1. The number of benzene rings is 1. The average Bonchev–Trinajstić information content (AvgIpc) is 3.06. The van der Waals surface area contributed by atoms with Crippen LogP contribution in [0.4, 0.5) is 0 Å². The van der Waals surface area contributed by atoms with Gasteiger partial charge in [0.1, 0.15) is 54.1 Å². The smallest absolute Gasteiger partial charge is 0.329 e. The van der Waals surface area contributed by atoms with E-state index in [1.807, 2.05) is 13.8 Å². The van der Waals surface area contributed by atoms with Crippen molar-refractivity contribution < 1.29 is 53.3 Å². The Kier molecular flexibility index (Phi) is 16.7. The van der Waals surface area contributed by atoms with E-state index in [1.165, 1.54) is 52.0 Å². The van der Waals surface area contributed by atoms with E-state index in [4.69, 9.17) is 4.74 Å². The van der Waals surface area contributed by atoms with E-state index in [1.54, 1.807) is 13.8 Å². The SMILES string of the molecule is CC(=O)NC(CC(C)C)C(=O)NC1C(=O)NC(Cc2ccc(O)cc2)C(=O)NC(C)C(=O)NC(CO)C(=O)NC(C)C(=O)NC(C(C)C)C(=O)OC1C. The molecular weight excluding hydrogens is 694 g/mol. The first-order valence-corrected chi connectivity index (χ1v) is 17.4. The number of aromatic hydroxyl groups is 1. The van der Waals surface area contributed by atoms with Crippen molar-refractivity contribution in [3.05, 3.63) is 29.8 Å². The summed E-state index contributed by atoms with van der Waals surface area (Å²) in [6.45, 7) is 11.1. The summed E-state index contributed by atoms with van der Waals surface area (Å²) < 4.78 is 5.66. The Morgan fingerprint density at radius 1 is 0.774 bits per heavy atom. The van der Waals surface area contributed by atoms with E-state index in [-0.39, 0.29) is 24.5 Å². The molecule has 0 aromatic heterocycles. The van der Waals surface area contributed by atoms with E-state index >= 15 is 0 Å². The second-order valence-corrected chi connectivity index (χ2v) is 13.9. The van der Waals surface area contributed by atoms with Gasteiger partial charge in [-0.05, 0) is 56.7 Å². The molecule has 294 valence electrons. The third-order valence-electron chi connectivity index (χ3n) is 8.30. The number of nitrogens with one attached hydrogen (secondary N) is 7. The number of hydrogen-bond acceptors (Lipinski definition) is 11. The number of amides is 7. The largest absolute Gasteiger partial charge is 0.508 e. The van der Waals surface area contributed by atoms with Crippen molar-refractivity contribution in [2.24, 2.45) is 11.8 Å². The minimum atomic E-state index is -1.65. The quantitative estimate of drug-likeness (QED) is 0.125. The van der Waals surface area contributed by atoms with Crippen LogP contribution in [0.3, 0.4) is 0 Å². The number of carbonyl (C=O) groups is 8. The molecule has 1 heterocycles. The number of phenols is 1. The molecule has 1 aliphatic heterocycles. The van der Waals surface area contributed by atoms with Gasteiger partial charge in [-0.1, -0.05) is 39.8 Å². The molecule has 2 rings (SSSR count). The molecule has 18 heteroatoms. The van der Waals surface area contributed by atoms with Gasteiger partial charge in [0.2, 0.25) is 41.4 Å². The molecule has 1 aliphatic rings. The van der Waals surface area contributed by atoms with Crippen LogP contribution in [-0.4, -0.2) is 113 Å². The van der Waals surface area contributed by atoms with Crippen LogP contribution >= 0.6 is 0 Å². The summed E-state index contributed by atoms with van der Waals surface area (Å²) in [4.78, 5) is 106. The highest BCUT2D eigenvalue weighted by Crippen LogP contribution is 2.14. The number of rotatable bonds is 9. The molecule has 1 aromatic carbocycles. The lowest BCUT2D eigenvalue weighted by molar-refractivity contribution is -0.157. The fourth-order valence-electron chi connectivity index (χ4n) is 5.29. The van der Waals surface area contributed by atoms with Gasteiger partial charge in [-0.2, -0.15) is 0 Å². The van der Waals surface area contributed by atoms with E-state index in [0.717, 1.165) is 0 Å². The minimum Gasteiger partial charge on any atom is -0.508 e. The first kappa shape index (κ1) is 43.9. The summed E-state index contributed by atoms with van der Waals surface area (Å²) in [5.74, 6) is -7.45. The van der Waals surface area contributed by atoms with Crippen LogP contribution in [0.25, 0.3) is 0 Å². The van der Waals surface area contributed by atoms with Crippen molar-refractivity contribution >= 4 is 47.3 Å². The highest BCUT2D eigenvalue weighted by Gasteiger charge is 2.38. The van der Waals surface area contributed by atoms with E-state index < -0.39 is 108 Å². The lowest BCUT2D eigenvalue weighted by Crippen LogP contribution is -2.62. The number of hydrogen-bond donors (Lipinski definition) is 9. The first-order valence-electron chi connectivity index (χ1n) is 17.4. The zero-order valence-corrected chi connectivity index (χ0v) is 31.3. The summed E-state index contributed by atoms with van der Waals surface area (Å²) in [7, 11) is 0. The van der Waals surface area contributed by atoms with Crippen molar-refractivity contribution in [1.82, 2.24) is 37.2 Å². The molecule has 7 amide bonds. The molecule has 1 fully saturated rings. The molecule has 0 aliphatic carbocycles. The second-order valence-electron chi connectivity index (χ2n) is 13.9. The van der Waals surface area contributed by atoms with Gasteiger partial charge >= 0.3 is 5.97 Å². The van der Waals surface area contributed by atoms with Crippen LogP contribution in [0.2, 0.25) is 0 Å². The van der Waals surface area contributed by atoms with Gasteiger partial charge in [0.05, 0.1) is 6.61 Å². The molecule has 8 atom stereocenters. The maximum Gasteiger partial charge on any atom is 0.329 e. The molecule has 9 N–H and O–H groups in total. The Balaban J connectivity index is 2.65. The predicted octanol–water partition coefficient (Wildman–Crippen LogP) is -1.97. The fraction of sp³-hybridized carbons (Fsp3) is 0.600. The molecule has 0 bridgehead atoms. The Morgan fingerprint density at radius 3 is 1.81 bits per heavy atom. The highest BCUT2D eigenvalue weighted by atomic mass is 16.5. The van der Waals surface area contributed by atoms with Gasteiger partial charge in [-0.3, -0.25) is 33.6 Å². The van der Waals surface area contributed by atoms with Gasteiger partial charge in [0.25, 0.3) is 0 Å². The lowest BCUT2D eigenvalue weighted by Gasteiger charge is -2.30. The topological polar surface area (TPSA) is 270 Å². The second kappa shape index (κ2) is 20.1. The van der Waals surface area contributed by atoms with Gasteiger partial charge < -0.3 is 52.2 Å². The van der Waals surface area contributed by atoms with Crippen LogP contribution in [-0.2, 0) is 49.5 Å². The number of esters is 1. The number of aliphatic hydroxyl groups excluding tert-OH is 1. The van der Waals surface area contributed by atoms with Crippen molar-refractivity contribution in [1.29, 1.82) is 0 Å². The predicted molar refractivity (Wildman–Crippen MR) is 189 cm³/mol. The third-order valence-corrected chi connectivity index (χ3v) is 8.30. The average molecular weight is 748 g/mol. The molecule has 8 unspecified atom stereocenters. The summed E-state index contributed by atoms with van der Waals surface area (Å²) in [6, 6.07) is -3.85. The Labute approximate surface area is 308 Å². The summed E-state index contributed by atoms with van der Waals surface area (Å²) in [5.41, 5.74) is 0.475. The van der Waals surface area contributed by atoms with E-state index in [9.17, 15) is 48.6 Å². The Bertz CT molecular complexity index is 1500. The van der Waals surface area contributed by atoms with Crippen LogP contribution in [0.1, 0.15) is 67.4 Å². The summed E-state index contributed by atoms with van der Waals surface area (Å²) in [5, 5.41) is 36.9. The van der Waals surface area contributed by atoms with Crippen molar-refractivity contribution in [3.63, 3.8) is 0 Å². The lowest BCUT2D eigenvalue weighted by atomic mass is 10.0. The number of cyclic esters (lactones) is 1. The molecule has 0 spiro atoms. The molecule has 53 heavy (non-hydrogen) atoms. The van der Waals surface area contributed by atoms with Crippen molar-refractivity contribution in [2.45, 2.75) is 117 Å². The number of phenolic OH excluding ortho intramolecular Hbond substituents is 1. The van der Waals surface area contributed by atoms with Crippen molar-refractivity contribution in [2.75, 3.05) is 6.61 Å². The maximum atomic E-state index is 14.1. The van der Waals surface area contributed by atoms with E-state index in [0.29, 0.717) is 5.56 Å². The molecule has 1 saturated heterocycles. The number of ether oxygens (including phenoxy) is 1. The monoisotopic (exact) mass is 747 g/mol. The first-order chi connectivity index (χ1) is 24.7. The Hall–Kier alpha value is -5.26. The molecule has 18 nitrogen and oxygen atoms in total. The zero-order chi connectivity index (χ0) is 40.2. The zero-order valence-electron chi connectivity index (χ0n) is 31.3. The molecule has 0 saturated carbocycles. The third kappa shape index (κ3) is 13.7. The molecule has 0 radical (unpaired) electrons. The molecular formula is C35H53N7O11. The van der Waals surface area contributed by atoms with Crippen LogP contribution < -0.4 is 37.2 Å². The van der Waals surface area contributed by atoms with E-state index in [2.05, 4.69) is 37.2 Å². The van der Waals surface area contributed by atoms with Crippen LogP contribution in [0.15, 0.2) is 24.3 Å². The molecule has 1 aromatic rings.